The maximum atomic E-state index is 2.24. The smallest absolute Gasteiger partial charge is 0.0395 e. The van der Waals surface area contributed by atoms with Gasteiger partial charge in [-0.05, 0) is 110 Å². The van der Waals surface area contributed by atoms with Gasteiger partial charge >= 0.3 is 0 Å². The van der Waals surface area contributed by atoms with E-state index in [9.17, 15) is 0 Å². The average molecular weight is 467 g/mol. The molecule has 0 fully saturated rings. The summed E-state index contributed by atoms with van der Waals surface area (Å²) in [6.45, 7) is 23.4. The molecule has 0 saturated heterocycles. The molecule has 4 aromatic carbocycles. The normalized spacial score (nSPS) is 9.57. The molecule has 35 heavy (non-hydrogen) atoms. The largest absolute Gasteiger partial charge is 0.0617 e. The number of aryl methyl sites for hydroxylation is 11. The predicted octanol–water partition coefficient (Wildman–Crippen LogP) is 10.1. The fourth-order valence-electron chi connectivity index (χ4n) is 3.44. The van der Waals surface area contributed by atoms with E-state index in [1.54, 1.807) is 0 Å². The first-order valence-corrected chi connectivity index (χ1v) is 12.5. The quantitative estimate of drug-likeness (QED) is 0.242. The average Bonchev–Trinajstić information content (AvgIpc) is 2.78. The van der Waals surface area contributed by atoms with Crippen molar-refractivity contribution in [2.24, 2.45) is 0 Å². The van der Waals surface area contributed by atoms with Gasteiger partial charge in [-0.2, -0.15) is 0 Å². The van der Waals surface area contributed by atoms with Gasteiger partial charge < -0.3 is 0 Å². The zero-order valence-electron chi connectivity index (χ0n) is 24.0. The minimum Gasteiger partial charge on any atom is -0.0617 e. The molecule has 0 N–H and O–H groups in total. The van der Waals surface area contributed by atoms with E-state index >= 15 is 0 Å². The SMILES string of the molecule is Cc1cc(C)c(C)cc1C.Cc1ccc(C)c(C)c1.Cc1ccc(C)cc1.Cc1cccc(C)c1. The van der Waals surface area contributed by atoms with Crippen LogP contribution in [0.3, 0.4) is 0 Å². The molecule has 0 spiro atoms. The molecule has 0 saturated carbocycles. The molecule has 4 aromatic rings. The summed E-state index contributed by atoms with van der Waals surface area (Å²) in [4.78, 5) is 0. The molecule has 0 radical (unpaired) electrons. The molecule has 0 bridgehead atoms. The third-order valence-corrected chi connectivity index (χ3v) is 6.16. The minimum absolute atomic E-state index is 1.33. The summed E-state index contributed by atoms with van der Waals surface area (Å²) < 4.78 is 0. The number of benzene rings is 4. The third-order valence-electron chi connectivity index (χ3n) is 6.16. The van der Waals surface area contributed by atoms with Crippen molar-refractivity contribution in [3.05, 3.63) is 140 Å². The van der Waals surface area contributed by atoms with Crippen LogP contribution in [0.4, 0.5) is 0 Å². The van der Waals surface area contributed by atoms with Crippen LogP contribution in [-0.4, -0.2) is 0 Å². The lowest BCUT2D eigenvalue weighted by atomic mass is 10.0. The first-order valence-electron chi connectivity index (χ1n) is 12.5. The van der Waals surface area contributed by atoms with Crippen LogP contribution in [0, 0.1) is 76.2 Å². The first kappa shape index (κ1) is 29.9. The summed E-state index contributed by atoms with van der Waals surface area (Å²) in [6.07, 6.45) is 0. The van der Waals surface area contributed by atoms with Crippen molar-refractivity contribution in [2.45, 2.75) is 76.2 Å². The lowest BCUT2D eigenvalue weighted by Crippen LogP contribution is -1.86. The van der Waals surface area contributed by atoms with Crippen molar-refractivity contribution in [1.82, 2.24) is 0 Å². The summed E-state index contributed by atoms with van der Waals surface area (Å²) in [5.74, 6) is 0. The Hall–Kier alpha value is -3.12. The fraction of sp³-hybridized carbons (Fsp3) is 0.314. The molecule has 0 amide bonds. The van der Waals surface area contributed by atoms with E-state index in [2.05, 4.69) is 155 Å². The highest BCUT2D eigenvalue weighted by Crippen LogP contribution is 2.13. The Morgan fingerprint density at radius 1 is 0.257 bits per heavy atom. The summed E-state index contributed by atoms with van der Waals surface area (Å²) in [5.41, 5.74) is 15.0. The second-order valence-electron chi connectivity index (χ2n) is 9.92. The second kappa shape index (κ2) is 15.0. The van der Waals surface area contributed by atoms with Crippen LogP contribution in [0.1, 0.15) is 61.2 Å². The third kappa shape index (κ3) is 12.2. The van der Waals surface area contributed by atoms with E-state index in [-0.39, 0.29) is 0 Å². The van der Waals surface area contributed by atoms with Crippen molar-refractivity contribution in [3.63, 3.8) is 0 Å². The Bertz CT molecular complexity index is 1090. The van der Waals surface area contributed by atoms with Gasteiger partial charge in [-0.1, -0.05) is 107 Å². The molecule has 0 heteroatoms. The van der Waals surface area contributed by atoms with Gasteiger partial charge in [0, 0.05) is 0 Å². The van der Waals surface area contributed by atoms with Gasteiger partial charge in [0.2, 0.25) is 0 Å². The number of hydrogen-bond donors (Lipinski definition) is 0. The highest BCUT2D eigenvalue weighted by molar-refractivity contribution is 5.35. The molecule has 0 nitrogen and oxygen atoms in total. The Balaban J connectivity index is 0.000000234. The van der Waals surface area contributed by atoms with Crippen molar-refractivity contribution in [1.29, 1.82) is 0 Å². The molecular weight excluding hydrogens is 420 g/mol. The lowest BCUT2D eigenvalue weighted by Gasteiger charge is -2.04. The van der Waals surface area contributed by atoms with Crippen molar-refractivity contribution in [3.8, 4) is 0 Å². The van der Waals surface area contributed by atoms with Crippen LogP contribution in [-0.2, 0) is 0 Å². The Morgan fingerprint density at radius 2 is 0.571 bits per heavy atom. The summed E-state index contributed by atoms with van der Waals surface area (Å²) >= 11 is 0. The number of hydrogen-bond acceptors (Lipinski definition) is 0. The molecule has 0 unspecified atom stereocenters. The van der Waals surface area contributed by atoms with Crippen molar-refractivity contribution >= 4 is 0 Å². The monoisotopic (exact) mass is 466 g/mol. The van der Waals surface area contributed by atoms with Crippen LogP contribution in [0.15, 0.2) is 78.9 Å². The van der Waals surface area contributed by atoms with Crippen molar-refractivity contribution < 1.29 is 0 Å². The minimum atomic E-state index is 1.33. The molecule has 186 valence electrons. The van der Waals surface area contributed by atoms with E-state index in [1.807, 2.05) is 0 Å². The van der Waals surface area contributed by atoms with Crippen LogP contribution in [0.25, 0.3) is 0 Å². The fourth-order valence-corrected chi connectivity index (χ4v) is 3.44. The Morgan fingerprint density at radius 3 is 0.857 bits per heavy atom. The van der Waals surface area contributed by atoms with Crippen LogP contribution >= 0.6 is 0 Å². The molecule has 0 aliphatic rings. The van der Waals surface area contributed by atoms with Gasteiger partial charge in [-0.15, -0.1) is 0 Å². The van der Waals surface area contributed by atoms with Gasteiger partial charge in [0.15, 0.2) is 0 Å². The molecule has 0 atom stereocenters. The van der Waals surface area contributed by atoms with Crippen molar-refractivity contribution in [2.75, 3.05) is 0 Å². The molecule has 0 aliphatic carbocycles. The highest BCUT2D eigenvalue weighted by Gasteiger charge is 1.95. The second-order valence-corrected chi connectivity index (χ2v) is 9.92. The van der Waals surface area contributed by atoms with Gasteiger partial charge in [0.05, 0.1) is 0 Å². The summed E-state index contributed by atoms with van der Waals surface area (Å²) in [6, 6.07) is 27.9. The molecule has 0 aliphatic heterocycles. The summed E-state index contributed by atoms with van der Waals surface area (Å²) in [7, 11) is 0. The van der Waals surface area contributed by atoms with E-state index in [1.165, 1.54) is 61.2 Å². The van der Waals surface area contributed by atoms with Gasteiger partial charge in [-0.3, -0.25) is 0 Å². The zero-order chi connectivity index (χ0) is 26.5. The zero-order valence-corrected chi connectivity index (χ0v) is 24.0. The predicted molar refractivity (Wildman–Crippen MR) is 158 cm³/mol. The van der Waals surface area contributed by atoms with Gasteiger partial charge in [0.1, 0.15) is 0 Å². The highest BCUT2D eigenvalue weighted by atomic mass is 14.0. The standard InChI is InChI=1S/C10H14.C9H12.2C8H10/c1-7-5-9(3)10(4)6-8(7)2;1-7-4-5-8(2)9(3)6-7;1-7-3-5-8(2)6-4-7;1-7-4-3-5-8(2)6-7/h5-6H,1-4H3;4-6H,1-3H3;2*3-6H,1-2H3. The Labute approximate surface area is 216 Å². The topological polar surface area (TPSA) is 0 Å². The van der Waals surface area contributed by atoms with E-state index in [0.29, 0.717) is 0 Å². The first-order chi connectivity index (χ1) is 16.4. The van der Waals surface area contributed by atoms with Gasteiger partial charge in [-0.25, -0.2) is 0 Å². The van der Waals surface area contributed by atoms with Crippen LogP contribution in [0.5, 0.6) is 0 Å². The van der Waals surface area contributed by atoms with E-state index in [4.69, 9.17) is 0 Å². The summed E-state index contributed by atoms with van der Waals surface area (Å²) in [5, 5.41) is 0. The van der Waals surface area contributed by atoms with Crippen LogP contribution < -0.4 is 0 Å². The van der Waals surface area contributed by atoms with Crippen LogP contribution in [0.2, 0.25) is 0 Å². The lowest BCUT2D eigenvalue weighted by molar-refractivity contribution is 1.24. The molecule has 0 heterocycles. The van der Waals surface area contributed by atoms with Gasteiger partial charge in [0.25, 0.3) is 0 Å². The molecule has 0 aromatic heterocycles. The molecule has 4 rings (SSSR count). The maximum Gasteiger partial charge on any atom is -0.0395 e. The maximum absolute atomic E-state index is 2.24. The van der Waals surface area contributed by atoms with E-state index in [0.717, 1.165) is 0 Å². The molecular formula is C35H46. The Kier molecular flexibility index (Phi) is 12.8. The van der Waals surface area contributed by atoms with E-state index < -0.39 is 0 Å². The number of rotatable bonds is 0.